The normalized spacial score (nSPS) is 22.3. The monoisotopic (exact) mass is 374 g/mol. The zero-order valence-corrected chi connectivity index (χ0v) is 17.0. The van der Waals surface area contributed by atoms with E-state index in [4.69, 9.17) is 14.7 Å². The highest BCUT2D eigenvalue weighted by Gasteiger charge is 2.26. The molecule has 0 aromatic carbocycles. The number of hydrogen-bond donors (Lipinski definition) is 1. The number of anilines is 1. The molecule has 0 aliphatic carbocycles. The summed E-state index contributed by atoms with van der Waals surface area (Å²) in [6.07, 6.45) is 6.23. The van der Waals surface area contributed by atoms with Crippen molar-refractivity contribution >= 4 is 27.4 Å². The Labute approximate surface area is 160 Å². The van der Waals surface area contributed by atoms with Crippen LogP contribution in [0.25, 0.3) is 10.2 Å². The number of aromatic nitrogens is 2. The summed E-state index contributed by atoms with van der Waals surface area (Å²) in [7, 11) is 0. The van der Waals surface area contributed by atoms with Crippen molar-refractivity contribution in [3.05, 3.63) is 16.3 Å². The van der Waals surface area contributed by atoms with Crippen molar-refractivity contribution in [1.82, 2.24) is 14.9 Å². The second-order valence-electron chi connectivity index (χ2n) is 7.65. The van der Waals surface area contributed by atoms with Crippen LogP contribution in [0.4, 0.5) is 5.82 Å². The van der Waals surface area contributed by atoms with E-state index in [2.05, 4.69) is 31.0 Å². The molecule has 2 aromatic rings. The van der Waals surface area contributed by atoms with Gasteiger partial charge in [0, 0.05) is 11.5 Å². The number of nitrogens with one attached hydrogen (secondary N) is 1. The highest BCUT2D eigenvalue weighted by Crippen LogP contribution is 2.34. The Hall–Kier alpha value is -1.24. The summed E-state index contributed by atoms with van der Waals surface area (Å²) in [4.78, 5) is 14.8. The number of likely N-dealkylation sites (tertiary alicyclic amines) is 1. The lowest BCUT2D eigenvalue weighted by atomic mass is 10.1. The molecule has 2 saturated heterocycles. The molecule has 5 nitrogen and oxygen atoms in total. The smallest absolute Gasteiger partial charge is 0.146 e. The number of aryl methyl sites for hydroxylation is 2. The van der Waals surface area contributed by atoms with E-state index in [1.165, 1.54) is 48.2 Å². The quantitative estimate of drug-likeness (QED) is 0.818. The van der Waals surface area contributed by atoms with Gasteiger partial charge in [-0.25, -0.2) is 9.97 Å². The van der Waals surface area contributed by atoms with E-state index in [9.17, 15) is 0 Å². The van der Waals surface area contributed by atoms with Gasteiger partial charge in [-0.15, -0.1) is 11.3 Å². The summed E-state index contributed by atoms with van der Waals surface area (Å²) in [6.45, 7) is 10.7. The number of thiophene rings is 1. The number of rotatable bonds is 6. The zero-order valence-electron chi connectivity index (χ0n) is 16.2. The van der Waals surface area contributed by atoms with Crippen LogP contribution in [0.5, 0.6) is 0 Å². The topological polar surface area (TPSA) is 50.3 Å². The summed E-state index contributed by atoms with van der Waals surface area (Å²) in [5, 5.41) is 4.95. The first-order valence-corrected chi connectivity index (χ1v) is 10.8. The summed E-state index contributed by atoms with van der Waals surface area (Å²) in [5.41, 5.74) is 1.31. The van der Waals surface area contributed by atoms with Crippen LogP contribution in [0.3, 0.4) is 0 Å². The Bertz CT molecular complexity index is 763. The van der Waals surface area contributed by atoms with E-state index >= 15 is 0 Å². The van der Waals surface area contributed by atoms with Gasteiger partial charge in [-0.05, 0) is 64.6 Å². The van der Waals surface area contributed by atoms with Gasteiger partial charge in [0.1, 0.15) is 16.5 Å². The molecule has 142 valence electrons. The van der Waals surface area contributed by atoms with Crippen LogP contribution in [0.2, 0.25) is 0 Å². The summed E-state index contributed by atoms with van der Waals surface area (Å²) in [5.74, 6) is 1.96. The average molecular weight is 375 g/mol. The second-order valence-corrected chi connectivity index (χ2v) is 8.85. The SMILES string of the molecule is CCC(Nc1nc(CN2CCCC2)nc2sc(C)c(C)c12)C1CCCO1. The van der Waals surface area contributed by atoms with Gasteiger partial charge in [0.25, 0.3) is 0 Å². The number of nitrogens with zero attached hydrogens (tertiary/aromatic N) is 3. The molecule has 4 heterocycles. The van der Waals surface area contributed by atoms with Gasteiger partial charge in [0.05, 0.1) is 24.1 Å². The molecule has 4 rings (SSSR count). The van der Waals surface area contributed by atoms with Crippen LogP contribution in [-0.2, 0) is 11.3 Å². The molecular weight excluding hydrogens is 344 g/mol. The molecule has 6 heteroatoms. The summed E-state index contributed by atoms with van der Waals surface area (Å²) in [6, 6.07) is 0.315. The Balaban J connectivity index is 1.67. The van der Waals surface area contributed by atoms with Gasteiger partial charge < -0.3 is 10.1 Å². The van der Waals surface area contributed by atoms with Crippen molar-refractivity contribution in [2.45, 2.75) is 71.6 Å². The third-order valence-corrected chi connectivity index (χ3v) is 6.92. The maximum absolute atomic E-state index is 5.95. The molecule has 0 spiro atoms. The van der Waals surface area contributed by atoms with Crippen LogP contribution in [-0.4, -0.2) is 46.7 Å². The van der Waals surface area contributed by atoms with Crippen LogP contribution in [0.1, 0.15) is 55.3 Å². The average Bonchev–Trinajstić information content (AvgIpc) is 3.36. The molecule has 26 heavy (non-hydrogen) atoms. The van der Waals surface area contributed by atoms with Crippen LogP contribution in [0, 0.1) is 13.8 Å². The lowest BCUT2D eigenvalue weighted by molar-refractivity contribution is 0.0943. The van der Waals surface area contributed by atoms with Crippen molar-refractivity contribution in [2.75, 3.05) is 25.0 Å². The minimum atomic E-state index is 0.298. The Morgan fingerprint density at radius 1 is 1.23 bits per heavy atom. The van der Waals surface area contributed by atoms with Crippen LogP contribution < -0.4 is 5.32 Å². The number of fused-ring (bicyclic) bond motifs is 1. The molecule has 0 amide bonds. The van der Waals surface area contributed by atoms with Gasteiger partial charge in [-0.3, -0.25) is 4.90 Å². The fourth-order valence-electron chi connectivity index (χ4n) is 4.16. The molecule has 2 fully saturated rings. The maximum atomic E-state index is 5.95. The minimum Gasteiger partial charge on any atom is -0.376 e. The first-order valence-electron chi connectivity index (χ1n) is 10.0. The lowest BCUT2D eigenvalue weighted by Crippen LogP contribution is -2.33. The minimum absolute atomic E-state index is 0.298. The molecule has 1 N–H and O–H groups in total. The van der Waals surface area contributed by atoms with E-state index in [1.807, 2.05) is 0 Å². The zero-order chi connectivity index (χ0) is 18.1. The Kier molecular flexibility index (Phi) is 5.43. The van der Waals surface area contributed by atoms with Gasteiger partial charge in [0.15, 0.2) is 0 Å². The first-order chi connectivity index (χ1) is 12.7. The van der Waals surface area contributed by atoms with Crippen molar-refractivity contribution in [1.29, 1.82) is 0 Å². The molecule has 0 bridgehead atoms. The molecule has 0 radical (unpaired) electrons. The molecule has 2 aliphatic rings. The molecule has 2 atom stereocenters. The van der Waals surface area contributed by atoms with Crippen molar-refractivity contribution in [2.24, 2.45) is 0 Å². The van der Waals surface area contributed by atoms with E-state index in [0.29, 0.717) is 12.1 Å². The van der Waals surface area contributed by atoms with E-state index in [-0.39, 0.29) is 0 Å². The van der Waals surface area contributed by atoms with Gasteiger partial charge >= 0.3 is 0 Å². The summed E-state index contributed by atoms with van der Waals surface area (Å²) < 4.78 is 5.95. The van der Waals surface area contributed by atoms with Gasteiger partial charge in [0.2, 0.25) is 0 Å². The maximum Gasteiger partial charge on any atom is 0.146 e. The fourth-order valence-corrected chi connectivity index (χ4v) is 5.21. The third-order valence-electron chi connectivity index (χ3n) is 5.81. The van der Waals surface area contributed by atoms with E-state index in [0.717, 1.165) is 42.5 Å². The van der Waals surface area contributed by atoms with E-state index in [1.54, 1.807) is 11.3 Å². The molecule has 2 aliphatic heterocycles. The number of hydrogen-bond acceptors (Lipinski definition) is 6. The third kappa shape index (κ3) is 3.59. The Morgan fingerprint density at radius 3 is 2.73 bits per heavy atom. The number of ether oxygens (including phenoxy) is 1. The van der Waals surface area contributed by atoms with Crippen molar-refractivity contribution in [3.63, 3.8) is 0 Å². The molecular formula is C20H30N4OS. The first kappa shape index (κ1) is 18.1. The Morgan fingerprint density at radius 2 is 2.04 bits per heavy atom. The highest BCUT2D eigenvalue weighted by atomic mass is 32.1. The molecule has 2 unspecified atom stereocenters. The molecule has 2 aromatic heterocycles. The molecule has 0 saturated carbocycles. The van der Waals surface area contributed by atoms with Gasteiger partial charge in [-0.1, -0.05) is 6.92 Å². The van der Waals surface area contributed by atoms with Crippen molar-refractivity contribution < 1.29 is 4.74 Å². The standard InChI is InChI=1S/C20H30N4OS/c1-4-15(16-8-7-11-25-16)21-19-18-13(2)14(3)26-20(18)23-17(22-19)12-24-9-5-6-10-24/h15-16H,4-12H2,1-3H3,(H,21,22,23). The van der Waals surface area contributed by atoms with Gasteiger partial charge in [-0.2, -0.15) is 0 Å². The van der Waals surface area contributed by atoms with E-state index < -0.39 is 0 Å². The van der Waals surface area contributed by atoms with Crippen molar-refractivity contribution in [3.8, 4) is 0 Å². The predicted molar refractivity (Wildman–Crippen MR) is 108 cm³/mol. The highest BCUT2D eigenvalue weighted by molar-refractivity contribution is 7.18. The predicted octanol–water partition coefficient (Wildman–Crippen LogP) is 4.27. The van der Waals surface area contributed by atoms with Crippen LogP contribution >= 0.6 is 11.3 Å². The lowest BCUT2D eigenvalue weighted by Gasteiger charge is -2.24. The fraction of sp³-hybridized carbons (Fsp3) is 0.700. The van der Waals surface area contributed by atoms with Crippen LogP contribution in [0.15, 0.2) is 0 Å². The largest absolute Gasteiger partial charge is 0.376 e. The second kappa shape index (κ2) is 7.79. The summed E-state index contributed by atoms with van der Waals surface area (Å²) >= 11 is 1.79.